The van der Waals surface area contributed by atoms with Crippen molar-refractivity contribution in [3.8, 4) is 17.0 Å². The van der Waals surface area contributed by atoms with Crippen LogP contribution in [0.3, 0.4) is 0 Å². The molecule has 1 aliphatic heterocycles. The first-order valence-corrected chi connectivity index (χ1v) is 19.7. The predicted octanol–water partition coefficient (Wildman–Crippen LogP) is 4.29. The lowest BCUT2D eigenvalue weighted by molar-refractivity contribution is -0.143. The van der Waals surface area contributed by atoms with Gasteiger partial charge in [0.1, 0.15) is 46.4 Å². The molecule has 55 heavy (non-hydrogen) atoms. The fraction of sp³-hybridized carbons (Fsp3) is 0.526. The smallest absolute Gasteiger partial charge is 0.408 e. The number of halogens is 1. The normalized spacial score (nSPS) is 23.1. The average Bonchev–Trinajstić information content (AvgIpc) is 3.99. The standard InChI is InChI=1S/C38H47FN6O9S/c1-9-22-18-38(22,34(48)44-55(50,51)25-14-15-25)42-32(46)27-16-24(19-45(27)33(47)31(36(3,4)5)41-35(49)53-37(6,7)8)52-28-17-26(21-10-12-23(39)13-11-21)40-29-20(2)43-54-30(28)29/h9-13,17,22,24-25,27,31H,1,14-16,18-19H2,2-8H3,(H,41,49)(H,42,46)(H,44,48)/t22-,24+,27-,31+,38-/m0/s1. The van der Waals surface area contributed by atoms with Crippen molar-refractivity contribution in [3.63, 3.8) is 0 Å². The van der Waals surface area contributed by atoms with E-state index in [0.29, 0.717) is 35.3 Å². The van der Waals surface area contributed by atoms with E-state index < -0.39 is 85.6 Å². The Kier molecular flexibility index (Phi) is 10.2. The van der Waals surface area contributed by atoms with Crippen LogP contribution in [-0.2, 0) is 29.1 Å². The van der Waals surface area contributed by atoms with Crippen molar-refractivity contribution in [1.82, 2.24) is 30.4 Å². The number of pyridine rings is 1. The van der Waals surface area contributed by atoms with Crippen molar-refractivity contribution in [1.29, 1.82) is 0 Å². The van der Waals surface area contributed by atoms with Crippen molar-refractivity contribution in [3.05, 3.63) is 54.5 Å². The van der Waals surface area contributed by atoms with Crippen molar-refractivity contribution in [2.75, 3.05) is 6.54 Å². The van der Waals surface area contributed by atoms with E-state index in [4.69, 9.17) is 14.0 Å². The summed E-state index contributed by atoms with van der Waals surface area (Å²) in [5.41, 5.74) is -1.23. The molecule has 3 aromatic rings. The number of likely N-dealkylation sites (tertiary alicyclic amines) is 1. The van der Waals surface area contributed by atoms with E-state index in [0.717, 1.165) is 0 Å². The molecule has 0 spiro atoms. The quantitative estimate of drug-likeness (QED) is 0.235. The summed E-state index contributed by atoms with van der Waals surface area (Å²) in [6, 6.07) is 4.92. The van der Waals surface area contributed by atoms with Crippen molar-refractivity contribution < 1.29 is 46.0 Å². The Morgan fingerprint density at radius 3 is 2.36 bits per heavy atom. The van der Waals surface area contributed by atoms with Gasteiger partial charge in [0, 0.05) is 24.0 Å². The van der Waals surface area contributed by atoms with Crippen molar-refractivity contribution >= 4 is 44.9 Å². The lowest BCUT2D eigenvalue weighted by atomic mass is 9.85. The third-order valence-corrected chi connectivity index (χ3v) is 11.7. The molecule has 4 amide bonds. The van der Waals surface area contributed by atoms with Crippen LogP contribution in [-0.4, -0.2) is 88.4 Å². The summed E-state index contributed by atoms with van der Waals surface area (Å²) in [6.45, 7) is 15.6. The van der Waals surface area contributed by atoms with Crippen LogP contribution in [0.15, 0.2) is 47.5 Å². The first-order chi connectivity index (χ1) is 25.6. The number of fused-ring (bicyclic) bond motifs is 1. The Labute approximate surface area is 318 Å². The van der Waals surface area contributed by atoms with Gasteiger partial charge in [-0.2, -0.15) is 0 Å². The number of carbonyl (C=O) groups excluding carboxylic acids is 4. The number of rotatable bonds is 11. The number of amides is 4. The van der Waals surface area contributed by atoms with Gasteiger partial charge in [0.25, 0.3) is 5.91 Å². The third kappa shape index (κ3) is 8.45. The highest BCUT2D eigenvalue weighted by atomic mass is 32.2. The Bertz CT molecular complexity index is 2140. The molecule has 6 rings (SSSR count). The number of benzene rings is 1. The lowest BCUT2D eigenvalue weighted by Gasteiger charge is -2.36. The highest BCUT2D eigenvalue weighted by Crippen LogP contribution is 2.46. The largest absolute Gasteiger partial charge is 0.484 e. The van der Waals surface area contributed by atoms with Crippen molar-refractivity contribution in [2.45, 2.75) is 109 Å². The van der Waals surface area contributed by atoms with Crippen LogP contribution >= 0.6 is 0 Å². The Morgan fingerprint density at radius 2 is 1.78 bits per heavy atom. The molecule has 15 nitrogen and oxygen atoms in total. The van der Waals surface area contributed by atoms with Gasteiger partial charge >= 0.3 is 6.09 Å². The second kappa shape index (κ2) is 14.2. The van der Waals surface area contributed by atoms with Crippen LogP contribution in [0.4, 0.5) is 9.18 Å². The molecule has 0 radical (unpaired) electrons. The van der Waals surface area contributed by atoms with E-state index in [2.05, 4.69) is 32.1 Å². The number of aromatic nitrogens is 2. The summed E-state index contributed by atoms with van der Waals surface area (Å²) < 4.78 is 58.9. The van der Waals surface area contributed by atoms with Crippen molar-refractivity contribution in [2.24, 2.45) is 11.3 Å². The molecule has 2 saturated carbocycles. The van der Waals surface area contributed by atoms with Crippen LogP contribution in [0.25, 0.3) is 22.4 Å². The fourth-order valence-corrected chi connectivity index (χ4v) is 8.03. The number of carbonyl (C=O) groups is 4. The summed E-state index contributed by atoms with van der Waals surface area (Å²) in [5.74, 6) is -3.00. The minimum atomic E-state index is -3.94. The maximum Gasteiger partial charge on any atom is 0.408 e. The average molecular weight is 783 g/mol. The molecule has 2 aromatic heterocycles. The number of nitrogens with zero attached hydrogens (tertiary/aromatic N) is 3. The molecular weight excluding hydrogens is 736 g/mol. The van der Waals surface area contributed by atoms with Crippen LogP contribution in [0.5, 0.6) is 5.75 Å². The predicted molar refractivity (Wildman–Crippen MR) is 198 cm³/mol. The molecule has 3 fully saturated rings. The van der Waals surface area contributed by atoms with Gasteiger partial charge in [0.05, 0.1) is 17.5 Å². The topological polar surface area (TPSA) is 199 Å². The van der Waals surface area contributed by atoms with Gasteiger partial charge in [0.15, 0.2) is 5.75 Å². The van der Waals surface area contributed by atoms with E-state index in [1.807, 2.05) is 0 Å². The zero-order valence-electron chi connectivity index (χ0n) is 31.9. The van der Waals surface area contributed by atoms with Gasteiger partial charge in [-0.05, 0) is 76.6 Å². The number of aryl methyl sites for hydroxylation is 1. The molecule has 3 N–H and O–H groups in total. The summed E-state index contributed by atoms with van der Waals surface area (Å²) in [7, 11) is -3.94. The first-order valence-electron chi connectivity index (χ1n) is 18.1. The molecule has 1 saturated heterocycles. The SMILES string of the molecule is C=C[C@H]1C[C@@]1(NC(=O)[C@@H]1C[C@@H](Oc2cc(-c3ccc(F)cc3)nc3c(C)noc23)CN1C(=O)[C@@H](NC(=O)OC(C)(C)C)C(C)(C)C)C(=O)NS(=O)(=O)C1CC1. The molecule has 0 unspecified atom stereocenters. The number of alkyl carbamates (subject to hydrolysis) is 1. The van der Waals surface area contributed by atoms with Gasteiger partial charge in [-0.15, -0.1) is 6.58 Å². The molecule has 1 aromatic carbocycles. The van der Waals surface area contributed by atoms with E-state index in [9.17, 15) is 32.0 Å². The van der Waals surface area contributed by atoms with Gasteiger partial charge in [-0.3, -0.25) is 19.1 Å². The van der Waals surface area contributed by atoms with Gasteiger partial charge in [0.2, 0.25) is 27.4 Å². The van der Waals surface area contributed by atoms with Crippen LogP contribution in [0.2, 0.25) is 0 Å². The van der Waals surface area contributed by atoms with E-state index in [1.165, 1.54) is 23.1 Å². The Balaban J connectivity index is 1.33. The number of ether oxygens (including phenoxy) is 2. The molecule has 2 aliphatic carbocycles. The molecule has 296 valence electrons. The molecule has 0 bridgehead atoms. The van der Waals surface area contributed by atoms with Crippen LogP contribution in [0, 0.1) is 24.1 Å². The van der Waals surface area contributed by atoms with E-state index >= 15 is 0 Å². The second-order valence-electron chi connectivity index (χ2n) is 16.6. The molecule has 5 atom stereocenters. The third-order valence-electron chi connectivity index (χ3n) is 9.86. The fourth-order valence-electron chi connectivity index (χ4n) is 6.67. The van der Waals surface area contributed by atoms with E-state index in [1.54, 1.807) is 66.7 Å². The first kappa shape index (κ1) is 39.6. The zero-order valence-corrected chi connectivity index (χ0v) is 32.7. The minimum Gasteiger partial charge on any atom is -0.484 e. The highest BCUT2D eigenvalue weighted by molar-refractivity contribution is 7.91. The molecule has 3 aliphatic rings. The summed E-state index contributed by atoms with van der Waals surface area (Å²) in [6.07, 6.45) is 0.701. The highest BCUT2D eigenvalue weighted by Gasteiger charge is 2.62. The van der Waals surface area contributed by atoms with Crippen LogP contribution < -0.4 is 20.1 Å². The number of hydrogen-bond donors (Lipinski definition) is 3. The van der Waals surface area contributed by atoms with Gasteiger partial charge < -0.3 is 29.5 Å². The molecule has 3 heterocycles. The van der Waals surface area contributed by atoms with Gasteiger partial charge in [-0.25, -0.2) is 22.6 Å². The zero-order chi connectivity index (χ0) is 40.2. The monoisotopic (exact) mass is 782 g/mol. The summed E-state index contributed by atoms with van der Waals surface area (Å²) in [4.78, 5) is 61.4. The maximum absolute atomic E-state index is 14.6. The summed E-state index contributed by atoms with van der Waals surface area (Å²) >= 11 is 0. The van der Waals surface area contributed by atoms with Gasteiger partial charge in [-0.1, -0.05) is 32.0 Å². The van der Waals surface area contributed by atoms with E-state index in [-0.39, 0.29) is 30.7 Å². The molecule has 17 heteroatoms. The number of hydrogen-bond acceptors (Lipinski definition) is 11. The number of sulfonamides is 1. The Hall–Kier alpha value is -5.06. The second-order valence-corrected chi connectivity index (χ2v) is 18.5. The number of nitrogens with one attached hydrogen (secondary N) is 3. The molecular formula is C38H47FN6O9S. The lowest BCUT2D eigenvalue weighted by Crippen LogP contribution is -2.60. The minimum absolute atomic E-state index is 0.0689. The Morgan fingerprint density at radius 1 is 1.11 bits per heavy atom. The maximum atomic E-state index is 14.6. The summed E-state index contributed by atoms with van der Waals surface area (Å²) in [5, 5.41) is 8.81. The van der Waals surface area contributed by atoms with Crippen LogP contribution in [0.1, 0.15) is 72.9 Å².